The maximum atomic E-state index is 12.3. The van der Waals surface area contributed by atoms with Crippen LogP contribution in [-0.2, 0) is 14.4 Å². The van der Waals surface area contributed by atoms with Gasteiger partial charge in [0.05, 0.1) is 4.86 Å². The van der Waals surface area contributed by atoms with E-state index in [-0.39, 0.29) is 4.90 Å². The largest absolute Gasteiger partial charge is 0.358 e. The van der Waals surface area contributed by atoms with E-state index in [0.29, 0.717) is 15.7 Å². The zero-order valence-electron chi connectivity index (χ0n) is 14.9. The molecule has 27 heavy (non-hydrogen) atoms. The van der Waals surface area contributed by atoms with Gasteiger partial charge in [-0.05, 0) is 37.6 Å². The zero-order valence-corrected chi connectivity index (χ0v) is 16.5. The molecule has 0 amide bonds. The number of rotatable bonds is 4. The lowest BCUT2D eigenvalue weighted by molar-refractivity contribution is 0.340. The molecule has 1 aliphatic rings. The molecule has 2 aromatic carbocycles. The minimum absolute atomic E-state index is 0.0442. The third kappa shape index (κ3) is 4.18. The molecule has 0 aliphatic carbocycles. The molecule has 2 aromatic rings. The van der Waals surface area contributed by atoms with Gasteiger partial charge in [-0.2, -0.15) is 13.7 Å². The van der Waals surface area contributed by atoms with Crippen molar-refractivity contribution in [2.45, 2.75) is 18.7 Å². The molecule has 1 aliphatic heterocycles. The van der Waals surface area contributed by atoms with Crippen molar-refractivity contribution in [1.82, 2.24) is 0 Å². The maximum Gasteiger partial charge on any atom is 0.358 e. The number of nitriles is 1. The van der Waals surface area contributed by atoms with Crippen LogP contribution in [0.15, 0.2) is 70.7 Å². The number of nitrogens with zero attached hydrogens (tertiary/aromatic N) is 2. The Balaban J connectivity index is 1.96. The second-order valence-electron chi connectivity index (χ2n) is 5.99. The standard InChI is InChI=1S/C20H18N2O3S2/c1-15-9-11-17(12-10-15)27(23,24)25-22-20-8-5-13-26(20)19(14-21)18-7-4-3-6-16(18)2/h3-12H,13H2,1-2H3. The summed E-state index contributed by atoms with van der Waals surface area (Å²) in [5.74, 6) is 0.601. The average Bonchev–Trinajstić information content (AvgIpc) is 3.11. The van der Waals surface area contributed by atoms with E-state index in [4.69, 9.17) is 4.28 Å². The summed E-state index contributed by atoms with van der Waals surface area (Å²) < 4.78 is 29.6. The average molecular weight is 399 g/mol. The Morgan fingerprint density at radius 1 is 1.15 bits per heavy atom. The van der Waals surface area contributed by atoms with Gasteiger partial charge in [0.15, 0.2) is 0 Å². The lowest BCUT2D eigenvalue weighted by Gasteiger charge is -2.09. The first-order valence-electron chi connectivity index (χ1n) is 8.21. The molecule has 3 rings (SSSR count). The number of hydrogen-bond acceptors (Lipinski definition) is 5. The highest BCUT2D eigenvalue weighted by atomic mass is 32.2. The molecule has 0 spiro atoms. The van der Waals surface area contributed by atoms with Gasteiger partial charge in [-0.3, -0.25) is 4.28 Å². The molecule has 0 radical (unpaired) electrons. The van der Waals surface area contributed by atoms with E-state index < -0.39 is 20.6 Å². The Morgan fingerprint density at radius 2 is 1.85 bits per heavy atom. The molecule has 1 unspecified atom stereocenters. The predicted molar refractivity (Wildman–Crippen MR) is 109 cm³/mol. The molecule has 1 heterocycles. The van der Waals surface area contributed by atoms with Crippen molar-refractivity contribution >= 4 is 30.5 Å². The Morgan fingerprint density at radius 3 is 2.52 bits per heavy atom. The highest BCUT2D eigenvalue weighted by Gasteiger charge is 2.20. The number of benzene rings is 2. The van der Waals surface area contributed by atoms with Crippen LogP contribution >= 0.6 is 10.5 Å². The summed E-state index contributed by atoms with van der Waals surface area (Å²) in [5.41, 5.74) is 2.79. The molecular weight excluding hydrogens is 380 g/mol. The highest BCUT2D eigenvalue weighted by Crippen LogP contribution is 2.29. The van der Waals surface area contributed by atoms with E-state index in [1.54, 1.807) is 18.2 Å². The molecule has 0 aromatic heterocycles. The SMILES string of the molecule is Cc1ccc(S(=O)(=O)ON=C2C=CCS2=C(C#N)c2ccccc2C)cc1. The second kappa shape index (κ2) is 7.91. The molecule has 0 bridgehead atoms. The smallest absolute Gasteiger partial charge is 0.264 e. The fraction of sp³-hybridized carbons (Fsp3) is 0.150. The van der Waals surface area contributed by atoms with E-state index >= 15 is 0 Å². The van der Waals surface area contributed by atoms with Crippen LogP contribution in [0.1, 0.15) is 16.7 Å². The molecule has 0 saturated carbocycles. The lowest BCUT2D eigenvalue weighted by Crippen LogP contribution is -2.07. The van der Waals surface area contributed by atoms with Gasteiger partial charge >= 0.3 is 10.1 Å². The van der Waals surface area contributed by atoms with E-state index in [1.165, 1.54) is 12.1 Å². The van der Waals surface area contributed by atoms with Crippen LogP contribution in [0, 0.1) is 25.2 Å². The fourth-order valence-corrected chi connectivity index (χ4v) is 5.19. The summed E-state index contributed by atoms with van der Waals surface area (Å²) in [6.45, 7) is 3.81. The van der Waals surface area contributed by atoms with Crippen molar-refractivity contribution in [3.63, 3.8) is 0 Å². The van der Waals surface area contributed by atoms with E-state index in [2.05, 4.69) is 11.2 Å². The first-order chi connectivity index (χ1) is 12.9. The first kappa shape index (κ1) is 19.1. The van der Waals surface area contributed by atoms with Crippen molar-refractivity contribution < 1.29 is 12.7 Å². The monoisotopic (exact) mass is 398 g/mol. The molecule has 7 heteroatoms. The van der Waals surface area contributed by atoms with Gasteiger partial charge in [0, 0.05) is 11.3 Å². The number of aryl methyl sites for hydroxylation is 2. The van der Waals surface area contributed by atoms with Crippen molar-refractivity contribution in [3.8, 4) is 6.07 Å². The zero-order chi connectivity index (χ0) is 19.4. The lowest BCUT2D eigenvalue weighted by atomic mass is 10.1. The third-order valence-electron chi connectivity index (χ3n) is 4.05. The van der Waals surface area contributed by atoms with Gasteiger partial charge in [0.2, 0.25) is 0 Å². The van der Waals surface area contributed by atoms with Gasteiger partial charge in [0.25, 0.3) is 0 Å². The van der Waals surface area contributed by atoms with Crippen molar-refractivity contribution in [1.29, 1.82) is 5.26 Å². The Bertz CT molecular complexity index is 1110. The second-order valence-corrected chi connectivity index (χ2v) is 9.46. The van der Waals surface area contributed by atoms with Crippen LogP contribution < -0.4 is 0 Å². The normalized spacial score (nSPS) is 18.3. The van der Waals surface area contributed by atoms with Crippen LogP contribution in [0.5, 0.6) is 0 Å². The summed E-state index contributed by atoms with van der Waals surface area (Å²) in [6, 6.07) is 16.2. The summed E-state index contributed by atoms with van der Waals surface area (Å²) >= 11 is 0. The highest BCUT2D eigenvalue weighted by molar-refractivity contribution is 8.30. The molecule has 0 saturated heterocycles. The third-order valence-corrected chi connectivity index (χ3v) is 7.21. The molecule has 0 fully saturated rings. The number of hydrogen-bond donors (Lipinski definition) is 0. The van der Waals surface area contributed by atoms with Crippen LogP contribution in [0.25, 0.3) is 0 Å². The van der Waals surface area contributed by atoms with Crippen molar-refractivity contribution in [2.24, 2.45) is 5.16 Å². The first-order valence-corrected chi connectivity index (χ1v) is 11.0. The molecular formula is C20H18N2O3S2. The summed E-state index contributed by atoms with van der Waals surface area (Å²) in [6.07, 6.45) is 3.59. The van der Waals surface area contributed by atoms with Crippen LogP contribution in [-0.4, -0.2) is 24.1 Å². The quantitative estimate of drug-likeness (QED) is 0.444. The van der Waals surface area contributed by atoms with Crippen molar-refractivity contribution in [2.75, 3.05) is 5.75 Å². The minimum atomic E-state index is -4.00. The molecule has 138 valence electrons. The summed E-state index contributed by atoms with van der Waals surface area (Å²) in [4.78, 5) is 0.621. The maximum absolute atomic E-state index is 12.3. The van der Waals surface area contributed by atoms with E-state index in [1.807, 2.05) is 44.2 Å². The summed E-state index contributed by atoms with van der Waals surface area (Å²) in [7, 11) is -4.66. The molecule has 0 N–H and O–H groups in total. The van der Waals surface area contributed by atoms with Gasteiger partial charge in [0.1, 0.15) is 16.0 Å². The topological polar surface area (TPSA) is 79.5 Å². The van der Waals surface area contributed by atoms with Gasteiger partial charge < -0.3 is 0 Å². The van der Waals surface area contributed by atoms with Crippen LogP contribution in [0.4, 0.5) is 0 Å². The van der Waals surface area contributed by atoms with Gasteiger partial charge in [-0.25, -0.2) is 0 Å². The van der Waals surface area contributed by atoms with Crippen LogP contribution in [0.2, 0.25) is 0 Å². The van der Waals surface area contributed by atoms with Gasteiger partial charge in [-0.15, -0.1) is 10.5 Å². The Labute approximate surface area is 161 Å². The van der Waals surface area contributed by atoms with E-state index in [9.17, 15) is 13.7 Å². The predicted octanol–water partition coefficient (Wildman–Crippen LogP) is 3.91. The van der Waals surface area contributed by atoms with Crippen molar-refractivity contribution in [3.05, 3.63) is 77.4 Å². The fourth-order valence-electron chi connectivity index (χ4n) is 2.59. The Kier molecular flexibility index (Phi) is 5.59. The minimum Gasteiger partial charge on any atom is -0.264 e. The molecule has 1 atom stereocenters. The van der Waals surface area contributed by atoms with Crippen LogP contribution in [0.3, 0.4) is 0 Å². The van der Waals surface area contributed by atoms with E-state index in [0.717, 1.165) is 16.7 Å². The number of oxime groups is 1. The van der Waals surface area contributed by atoms with Gasteiger partial charge in [-0.1, -0.05) is 53.2 Å². The summed E-state index contributed by atoms with van der Waals surface area (Å²) in [5, 5.41) is 14.0. The molecule has 5 nitrogen and oxygen atoms in total. The Hall–Kier alpha value is -2.69.